The molecule has 1 aromatic carbocycles. The van der Waals surface area contributed by atoms with Crippen LogP contribution in [0.15, 0.2) is 24.3 Å². The average molecular weight is 458 g/mol. The van der Waals surface area contributed by atoms with Crippen molar-refractivity contribution in [3.63, 3.8) is 0 Å². The molecule has 0 radical (unpaired) electrons. The molecule has 1 aromatic rings. The third-order valence-corrected chi connectivity index (χ3v) is 7.70. The first kappa shape index (κ1) is 23.8. The van der Waals surface area contributed by atoms with Gasteiger partial charge in [0.2, 0.25) is 5.91 Å². The second-order valence-corrected chi connectivity index (χ2v) is 9.77. The lowest BCUT2D eigenvalue weighted by Crippen LogP contribution is -2.62. The highest BCUT2D eigenvalue weighted by atomic mass is 35.5. The van der Waals surface area contributed by atoms with Crippen LogP contribution in [-0.4, -0.2) is 54.0 Å². The predicted octanol–water partition coefficient (Wildman–Crippen LogP) is 3.87. The van der Waals surface area contributed by atoms with Gasteiger partial charge in [-0.15, -0.1) is 24.8 Å². The summed E-state index contributed by atoms with van der Waals surface area (Å²) in [5.41, 5.74) is 1.08. The minimum Gasteiger partial charge on any atom is -0.332 e. The van der Waals surface area contributed by atoms with Gasteiger partial charge in [0.25, 0.3) is 0 Å². The van der Waals surface area contributed by atoms with Gasteiger partial charge in [0.15, 0.2) is 0 Å². The Labute approximate surface area is 191 Å². The second-order valence-electron chi connectivity index (χ2n) is 9.77. The lowest BCUT2D eigenvalue weighted by Gasteiger charge is -2.60. The van der Waals surface area contributed by atoms with Crippen molar-refractivity contribution in [2.24, 2.45) is 17.8 Å². The van der Waals surface area contributed by atoms with E-state index in [0.29, 0.717) is 13.1 Å². The van der Waals surface area contributed by atoms with Crippen LogP contribution in [0.2, 0.25) is 0 Å². The van der Waals surface area contributed by atoms with E-state index in [1.54, 1.807) is 0 Å². The van der Waals surface area contributed by atoms with Crippen LogP contribution in [0.25, 0.3) is 0 Å². The molecule has 168 valence electrons. The molecule has 6 rings (SSSR count). The lowest BCUT2D eigenvalue weighted by molar-refractivity contribution is -0.153. The predicted molar refractivity (Wildman–Crippen MR) is 122 cm³/mol. The molecular formula is C23H34Cl2FN3O. The van der Waals surface area contributed by atoms with Gasteiger partial charge < -0.3 is 10.2 Å². The average Bonchev–Trinajstić information content (AvgIpc) is 2.67. The van der Waals surface area contributed by atoms with Gasteiger partial charge in [0, 0.05) is 38.3 Å². The number of piperazine rings is 1. The van der Waals surface area contributed by atoms with Crippen molar-refractivity contribution in [3.05, 3.63) is 35.6 Å². The number of rotatable bonds is 5. The number of hydrogen-bond donors (Lipinski definition) is 1. The number of nitrogens with one attached hydrogen (secondary N) is 1. The summed E-state index contributed by atoms with van der Waals surface area (Å²) in [7, 11) is 0. The number of amides is 1. The molecule has 30 heavy (non-hydrogen) atoms. The first-order valence-electron chi connectivity index (χ1n) is 11.1. The van der Waals surface area contributed by atoms with Crippen LogP contribution in [0.3, 0.4) is 0 Å². The summed E-state index contributed by atoms with van der Waals surface area (Å²) in [6.07, 6.45) is 7.63. The number of hydrogen-bond acceptors (Lipinski definition) is 3. The molecule has 0 unspecified atom stereocenters. The van der Waals surface area contributed by atoms with Crippen LogP contribution in [0, 0.1) is 23.6 Å². The summed E-state index contributed by atoms with van der Waals surface area (Å²) < 4.78 is 13.4. The van der Waals surface area contributed by atoms with E-state index < -0.39 is 0 Å². The number of nitrogens with zero attached hydrogens (tertiary/aromatic N) is 2. The third-order valence-electron chi connectivity index (χ3n) is 7.70. The molecule has 1 N–H and O–H groups in total. The maximum Gasteiger partial charge on any atom is 0.237 e. The quantitative estimate of drug-likeness (QED) is 0.728. The molecule has 4 saturated carbocycles. The Morgan fingerprint density at radius 1 is 1.00 bits per heavy atom. The number of halogens is 3. The van der Waals surface area contributed by atoms with E-state index in [2.05, 4.69) is 15.1 Å². The Balaban J connectivity index is 0.00000128. The fourth-order valence-corrected chi connectivity index (χ4v) is 6.83. The van der Waals surface area contributed by atoms with E-state index in [1.165, 1.54) is 50.7 Å². The Morgan fingerprint density at radius 3 is 2.07 bits per heavy atom. The van der Waals surface area contributed by atoms with E-state index in [4.69, 9.17) is 0 Å². The number of benzene rings is 1. The fraction of sp³-hybridized carbons (Fsp3) is 0.696. The molecule has 7 heteroatoms. The summed E-state index contributed by atoms with van der Waals surface area (Å²) in [6.45, 7) is 4.95. The maximum absolute atomic E-state index is 13.6. The lowest BCUT2D eigenvalue weighted by atomic mass is 9.52. The highest BCUT2D eigenvalue weighted by Crippen LogP contribution is 2.58. The minimum atomic E-state index is -0.211. The molecule has 1 aliphatic heterocycles. The summed E-state index contributed by atoms with van der Waals surface area (Å²) >= 11 is 0. The van der Waals surface area contributed by atoms with E-state index in [1.807, 2.05) is 12.1 Å². The number of carbonyl (C=O) groups excluding carboxylic acids is 1. The van der Waals surface area contributed by atoms with Gasteiger partial charge in [0.05, 0.1) is 6.54 Å². The van der Waals surface area contributed by atoms with Gasteiger partial charge in [-0.2, -0.15) is 0 Å². The molecule has 0 atom stereocenters. The van der Waals surface area contributed by atoms with Crippen LogP contribution in [-0.2, 0) is 11.3 Å². The Kier molecular flexibility index (Phi) is 7.71. The van der Waals surface area contributed by atoms with Crippen molar-refractivity contribution < 1.29 is 9.18 Å². The molecule has 5 aliphatic rings. The summed E-state index contributed by atoms with van der Waals surface area (Å²) in [5, 5.41) is 3.37. The van der Waals surface area contributed by atoms with Crippen LogP contribution < -0.4 is 5.32 Å². The van der Waals surface area contributed by atoms with E-state index in [0.717, 1.165) is 49.5 Å². The third kappa shape index (κ3) is 4.79. The van der Waals surface area contributed by atoms with Gasteiger partial charge in [-0.25, -0.2) is 4.39 Å². The normalized spacial score (nSPS) is 32.2. The van der Waals surface area contributed by atoms with Crippen molar-refractivity contribution >= 4 is 30.7 Å². The zero-order valence-corrected chi connectivity index (χ0v) is 19.2. The van der Waals surface area contributed by atoms with Crippen molar-refractivity contribution in [1.82, 2.24) is 15.1 Å². The molecule has 1 amide bonds. The smallest absolute Gasteiger partial charge is 0.237 e. The van der Waals surface area contributed by atoms with E-state index >= 15 is 0 Å². The number of carbonyl (C=O) groups is 1. The van der Waals surface area contributed by atoms with Crippen molar-refractivity contribution in [2.45, 2.75) is 50.6 Å². The van der Waals surface area contributed by atoms with Gasteiger partial charge in [-0.05, 0) is 74.0 Å². The summed E-state index contributed by atoms with van der Waals surface area (Å²) in [6, 6.07) is 6.74. The Bertz CT molecular complexity index is 688. The molecule has 1 saturated heterocycles. The van der Waals surface area contributed by atoms with Gasteiger partial charge in [0.1, 0.15) is 5.82 Å². The topological polar surface area (TPSA) is 35.6 Å². The first-order valence-corrected chi connectivity index (χ1v) is 11.1. The van der Waals surface area contributed by atoms with Crippen LogP contribution in [0.5, 0.6) is 0 Å². The molecule has 4 aliphatic carbocycles. The summed E-state index contributed by atoms with van der Waals surface area (Å²) in [5.74, 6) is 2.46. The zero-order chi connectivity index (χ0) is 19.1. The largest absolute Gasteiger partial charge is 0.332 e. The molecular weight excluding hydrogens is 424 g/mol. The molecule has 0 spiro atoms. The highest BCUT2D eigenvalue weighted by molar-refractivity contribution is 5.85. The van der Waals surface area contributed by atoms with Crippen molar-refractivity contribution in [3.8, 4) is 0 Å². The van der Waals surface area contributed by atoms with Crippen LogP contribution in [0.1, 0.15) is 44.1 Å². The molecule has 4 nitrogen and oxygen atoms in total. The molecule has 4 bridgehead atoms. The van der Waals surface area contributed by atoms with Crippen LogP contribution >= 0.6 is 24.8 Å². The van der Waals surface area contributed by atoms with Gasteiger partial charge in [-0.1, -0.05) is 12.1 Å². The van der Waals surface area contributed by atoms with Gasteiger partial charge in [-0.3, -0.25) is 9.69 Å². The zero-order valence-electron chi connectivity index (χ0n) is 17.5. The maximum atomic E-state index is 13.6. The van der Waals surface area contributed by atoms with Crippen molar-refractivity contribution in [2.75, 3.05) is 32.7 Å². The second kappa shape index (κ2) is 9.72. The SMILES string of the molecule is Cl.Cl.O=C(CN1CCNCC1)N(Cc1ccc(F)cc1)C12CC3CC(CC(C3)C1)C2. The van der Waals surface area contributed by atoms with Gasteiger partial charge >= 0.3 is 0 Å². The molecule has 0 aromatic heterocycles. The Hall–Kier alpha value is -0.880. The highest BCUT2D eigenvalue weighted by Gasteiger charge is 2.54. The fourth-order valence-electron chi connectivity index (χ4n) is 6.83. The van der Waals surface area contributed by atoms with Crippen molar-refractivity contribution in [1.29, 1.82) is 0 Å². The van der Waals surface area contributed by atoms with E-state index in [-0.39, 0.29) is 42.1 Å². The monoisotopic (exact) mass is 457 g/mol. The molecule has 5 fully saturated rings. The molecule has 1 heterocycles. The standard InChI is InChI=1S/C23H32FN3O.2ClH/c24-21-3-1-17(2-4-21)15-27(22(28)16-26-7-5-25-6-8-26)23-12-18-9-19(13-23)11-20(10-18)14-23;;/h1-4,18-20,25H,5-16H2;2*1H. The van der Waals surface area contributed by atoms with Crippen LogP contribution in [0.4, 0.5) is 4.39 Å². The van der Waals surface area contributed by atoms with E-state index in [9.17, 15) is 9.18 Å². The Morgan fingerprint density at radius 2 is 1.53 bits per heavy atom. The minimum absolute atomic E-state index is 0. The first-order chi connectivity index (χ1) is 13.6. The summed E-state index contributed by atoms with van der Waals surface area (Å²) in [4.78, 5) is 18.1.